The summed E-state index contributed by atoms with van der Waals surface area (Å²) in [6.07, 6.45) is 1.24. The second kappa shape index (κ2) is 11.6. The quantitative estimate of drug-likeness (QED) is 0.363. The van der Waals surface area contributed by atoms with Gasteiger partial charge < -0.3 is 19.3 Å². The second-order valence-electron chi connectivity index (χ2n) is 8.63. The van der Waals surface area contributed by atoms with Crippen molar-refractivity contribution in [3.63, 3.8) is 0 Å². The van der Waals surface area contributed by atoms with Gasteiger partial charge in [-0.25, -0.2) is 0 Å². The Morgan fingerprint density at radius 3 is 2.11 bits per heavy atom. The number of hydrogen-bond acceptors (Lipinski definition) is 5. The van der Waals surface area contributed by atoms with Crippen LogP contribution in [0.2, 0.25) is 0 Å². The number of carboxylic acids is 1. The first kappa shape index (κ1) is 25.1. The van der Waals surface area contributed by atoms with Crippen molar-refractivity contribution in [1.29, 1.82) is 0 Å². The van der Waals surface area contributed by atoms with Gasteiger partial charge in [-0.3, -0.25) is 9.69 Å². The normalized spacial score (nSPS) is 15.4. The van der Waals surface area contributed by atoms with Crippen LogP contribution in [0.1, 0.15) is 35.6 Å². The van der Waals surface area contributed by atoms with Crippen LogP contribution in [0.15, 0.2) is 71.2 Å². The Labute approximate surface area is 214 Å². The van der Waals surface area contributed by atoms with Gasteiger partial charge in [0, 0.05) is 4.47 Å². The monoisotopic (exact) mass is 539 g/mol. The predicted octanol–water partition coefficient (Wildman–Crippen LogP) is 5.93. The summed E-state index contributed by atoms with van der Waals surface area (Å²) in [5, 5.41) is 9.46. The van der Waals surface area contributed by atoms with Crippen molar-refractivity contribution in [2.45, 2.75) is 25.5 Å². The van der Waals surface area contributed by atoms with E-state index in [1.165, 1.54) is 0 Å². The Morgan fingerprint density at radius 2 is 1.57 bits per heavy atom. The van der Waals surface area contributed by atoms with E-state index in [0.717, 1.165) is 21.2 Å². The predicted molar refractivity (Wildman–Crippen MR) is 138 cm³/mol. The SMILES string of the molecule is COc1cc(C(c2ccc(Br)cc2)N2CCC(C(=O)O)CC2)cc(OC)c1OCc1ccccc1. The minimum Gasteiger partial charge on any atom is -0.493 e. The molecule has 0 radical (unpaired) electrons. The summed E-state index contributed by atoms with van der Waals surface area (Å²) >= 11 is 3.53. The van der Waals surface area contributed by atoms with Crippen LogP contribution < -0.4 is 14.2 Å². The number of hydrogen-bond donors (Lipinski definition) is 1. The lowest BCUT2D eigenvalue weighted by atomic mass is 9.91. The number of nitrogens with zero attached hydrogens (tertiary/aromatic N) is 1. The van der Waals surface area contributed by atoms with Gasteiger partial charge in [0.25, 0.3) is 0 Å². The van der Waals surface area contributed by atoms with Crippen LogP contribution in [0.25, 0.3) is 0 Å². The van der Waals surface area contributed by atoms with Gasteiger partial charge in [0.15, 0.2) is 11.5 Å². The topological polar surface area (TPSA) is 68.2 Å². The lowest BCUT2D eigenvalue weighted by Gasteiger charge is -2.37. The van der Waals surface area contributed by atoms with Crippen molar-refractivity contribution in [2.24, 2.45) is 5.92 Å². The maximum absolute atomic E-state index is 11.5. The van der Waals surface area contributed by atoms with Crippen molar-refractivity contribution < 1.29 is 24.1 Å². The molecular formula is C28H30BrNO5. The number of carbonyl (C=O) groups is 1. The Kier molecular flexibility index (Phi) is 8.31. The number of halogens is 1. The zero-order valence-corrected chi connectivity index (χ0v) is 21.5. The molecule has 1 fully saturated rings. The number of methoxy groups -OCH3 is 2. The summed E-state index contributed by atoms with van der Waals surface area (Å²) in [4.78, 5) is 13.8. The number of aliphatic carboxylic acids is 1. The Bertz CT molecular complexity index is 1100. The first-order valence-electron chi connectivity index (χ1n) is 11.6. The minimum absolute atomic E-state index is 0.0798. The Morgan fingerprint density at radius 1 is 0.971 bits per heavy atom. The van der Waals surface area contributed by atoms with Crippen LogP contribution in [-0.2, 0) is 11.4 Å². The number of likely N-dealkylation sites (tertiary alicyclic amines) is 1. The molecule has 0 spiro atoms. The molecule has 1 aliphatic heterocycles. The lowest BCUT2D eigenvalue weighted by molar-refractivity contribution is -0.143. The minimum atomic E-state index is -0.715. The fraction of sp³-hybridized carbons (Fsp3) is 0.321. The molecule has 184 valence electrons. The van der Waals surface area contributed by atoms with E-state index in [1.54, 1.807) is 14.2 Å². The van der Waals surface area contributed by atoms with Gasteiger partial charge in [-0.15, -0.1) is 0 Å². The molecule has 35 heavy (non-hydrogen) atoms. The van der Waals surface area contributed by atoms with Gasteiger partial charge in [0.05, 0.1) is 26.2 Å². The van der Waals surface area contributed by atoms with Gasteiger partial charge in [-0.1, -0.05) is 58.4 Å². The highest BCUT2D eigenvalue weighted by Crippen LogP contribution is 2.43. The highest BCUT2D eigenvalue weighted by Gasteiger charge is 2.31. The van der Waals surface area contributed by atoms with Crippen LogP contribution in [0.4, 0.5) is 0 Å². The van der Waals surface area contributed by atoms with E-state index in [2.05, 4.69) is 33.0 Å². The molecular weight excluding hydrogens is 510 g/mol. The smallest absolute Gasteiger partial charge is 0.306 e. The highest BCUT2D eigenvalue weighted by molar-refractivity contribution is 9.10. The molecule has 0 bridgehead atoms. The van der Waals surface area contributed by atoms with Gasteiger partial charge in [0.1, 0.15) is 6.61 Å². The van der Waals surface area contributed by atoms with Crippen molar-refractivity contribution in [2.75, 3.05) is 27.3 Å². The molecule has 0 saturated carbocycles. The number of rotatable bonds is 9. The third-order valence-corrected chi connectivity index (χ3v) is 6.98. The summed E-state index contributed by atoms with van der Waals surface area (Å²) in [7, 11) is 3.25. The molecule has 0 amide bonds. The molecule has 1 unspecified atom stereocenters. The third kappa shape index (κ3) is 5.97. The molecule has 0 aromatic heterocycles. The van der Waals surface area contributed by atoms with Crippen molar-refractivity contribution >= 4 is 21.9 Å². The maximum Gasteiger partial charge on any atom is 0.306 e. The zero-order valence-electron chi connectivity index (χ0n) is 19.9. The van der Waals surface area contributed by atoms with E-state index in [0.29, 0.717) is 49.8 Å². The highest BCUT2D eigenvalue weighted by atomic mass is 79.9. The van der Waals surface area contributed by atoms with E-state index in [9.17, 15) is 9.90 Å². The zero-order chi connectivity index (χ0) is 24.8. The molecule has 0 aliphatic carbocycles. The molecule has 4 rings (SSSR count). The fourth-order valence-corrected chi connectivity index (χ4v) is 4.86. The largest absolute Gasteiger partial charge is 0.493 e. The van der Waals surface area contributed by atoms with Gasteiger partial charge in [0.2, 0.25) is 5.75 Å². The van der Waals surface area contributed by atoms with E-state index < -0.39 is 5.97 Å². The summed E-state index contributed by atoms with van der Waals surface area (Å²) in [5.74, 6) is 0.736. The standard InChI is InChI=1S/C28H30BrNO5/c1-33-24-16-22(17-25(34-2)27(24)35-18-19-6-4-3-5-7-19)26(20-8-10-23(29)11-9-20)30-14-12-21(13-15-30)28(31)32/h3-11,16-17,21,26H,12-15,18H2,1-2H3,(H,31,32). The van der Waals surface area contributed by atoms with Crippen LogP contribution >= 0.6 is 15.9 Å². The number of ether oxygens (including phenoxy) is 3. The third-order valence-electron chi connectivity index (χ3n) is 6.45. The summed E-state index contributed by atoms with van der Waals surface area (Å²) in [5.41, 5.74) is 3.17. The van der Waals surface area contributed by atoms with Crippen molar-refractivity contribution in [3.05, 3.63) is 87.9 Å². The molecule has 3 aromatic rings. The van der Waals surface area contributed by atoms with E-state index in [-0.39, 0.29) is 12.0 Å². The summed E-state index contributed by atoms with van der Waals surface area (Å²) < 4.78 is 18.6. The van der Waals surface area contributed by atoms with E-state index in [4.69, 9.17) is 14.2 Å². The first-order valence-corrected chi connectivity index (χ1v) is 12.4. The molecule has 1 aliphatic rings. The van der Waals surface area contributed by atoms with Crippen LogP contribution in [0.5, 0.6) is 17.2 Å². The number of carboxylic acid groups (broad SMARTS) is 1. The lowest BCUT2D eigenvalue weighted by Crippen LogP contribution is -2.39. The van der Waals surface area contributed by atoms with Crippen LogP contribution in [0.3, 0.4) is 0 Å². The first-order chi connectivity index (χ1) is 17.0. The Balaban J connectivity index is 1.69. The van der Waals surface area contributed by atoms with Gasteiger partial charge in [-0.05, 0) is 66.9 Å². The number of piperidine rings is 1. The fourth-order valence-electron chi connectivity index (χ4n) is 4.59. The van der Waals surface area contributed by atoms with Crippen LogP contribution in [-0.4, -0.2) is 43.3 Å². The van der Waals surface area contributed by atoms with E-state index >= 15 is 0 Å². The molecule has 1 N–H and O–H groups in total. The average Bonchev–Trinajstić information content (AvgIpc) is 2.89. The molecule has 3 aromatic carbocycles. The molecule has 1 heterocycles. The molecule has 1 atom stereocenters. The molecule has 7 heteroatoms. The summed E-state index contributed by atoms with van der Waals surface area (Å²) in [6.45, 7) is 1.77. The summed E-state index contributed by atoms with van der Waals surface area (Å²) in [6, 6.07) is 22.1. The second-order valence-corrected chi connectivity index (χ2v) is 9.55. The molecule has 1 saturated heterocycles. The van der Waals surface area contributed by atoms with Gasteiger partial charge >= 0.3 is 5.97 Å². The van der Waals surface area contributed by atoms with Gasteiger partial charge in [-0.2, -0.15) is 0 Å². The van der Waals surface area contributed by atoms with Crippen molar-refractivity contribution in [3.8, 4) is 17.2 Å². The maximum atomic E-state index is 11.5. The number of benzene rings is 3. The average molecular weight is 540 g/mol. The molecule has 6 nitrogen and oxygen atoms in total. The Hall–Kier alpha value is -3.03. The van der Waals surface area contributed by atoms with E-state index in [1.807, 2.05) is 54.6 Å². The van der Waals surface area contributed by atoms with Crippen LogP contribution in [0, 0.1) is 5.92 Å². The van der Waals surface area contributed by atoms with Crippen molar-refractivity contribution in [1.82, 2.24) is 4.90 Å².